The molecule has 0 aromatic carbocycles. The van der Waals surface area contributed by atoms with Crippen LogP contribution in [-0.2, 0) is 33.4 Å². The molecule has 18 nitrogen and oxygen atoms in total. The first-order chi connectivity index (χ1) is 25.1. The second-order valence-electron chi connectivity index (χ2n) is 17.1. The fourth-order valence-electron chi connectivity index (χ4n) is 5.22. The number of methoxy groups -OCH3 is 3. The first kappa shape index (κ1) is 91.3. The number of ether oxygens (including phenoxy) is 3. The minimum absolute atomic E-state index is 0. The van der Waals surface area contributed by atoms with Crippen LogP contribution in [-0.4, -0.2) is 94.7 Å². The van der Waals surface area contributed by atoms with Crippen molar-refractivity contribution in [1.29, 1.82) is 0 Å². The molecule has 0 spiro atoms. The van der Waals surface area contributed by atoms with Crippen LogP contribution in [0.15, 0.2) is 12.2 Å². The van der Waals surface area contributed by atoms with Gasteiger partial charge in [-0.2, -0.15) is 40.5 Å². The summed E-state index contributed by atoms with van der Waals surface area (Å²) in [5, 5.41) is 36.9. The molecule has 0 aliphatic carbocycles. The normalized spacial score (nSPS) is 16.2. The van der Waals surface area contributed by atoms with Crippen molar-refractivity contribution in [1.82, 2.24) is 10.6 Å². The maximum absolute atomic E-state index is 11.0. The van der Waals surface area contributed by atoms with Crippen molar-refractivity contribution in [2.45, 2.75) is 195 Å². The van der Waals surface area contributed by atoms with Crippen LogP contribution in [0.3, 0.4) is 0 Å². The summed E-state index contributed by atoms with van der Waals surface area (Å²) in [6.45, 7) is 31.3. The molecule has 0 radical (unpaired) electrons. The van der Waals surface area contributed by atoms with Crippen LogP contribution in [0.1, 0.15) is 167 Å². The van der Waals surface area contributed by atoms with Crippen molar-refractivity contribution < 1.29 is 48.2 Å². The lowest BCUT2D eigenvalue weighted by atomic mass is 9.92. The Morgan fingerprint density at radius 3 is 1.12 bits per heavy atom. The van der Waals surface area contributed by atoms with Crippen molar-refractivity contribution >= 4 is 64.3 Å². The van der Waals surface area contributed by atoms with E-state index in [2.05, 4.69) is 66.0 Å². The number of esters is 3. The van der Waals surface area contributed by atoms with Crippen molar-refractivity contribution in [3.05, 3.63) is 42.5 Å². The number of carbonyl (C=O) groups is 4. The molecule has 21 heteroatoms. The lowest BCUT2D eigenvalue weighted by Crippen LogP contribution is -2.35. The number of hydrogen-bond donors (Lipinski definition) is 2. The molecule has 2 fully saturated rings. The Labute approximate surface area is 410 Å². The van der Waals surface area contributed by atoms with Gasteiger partial charge < -0.3 is 24.8 Å². The number of hydrogen-bond acceptors (Lipinski definition) is 14. The molecule has 392 valence electrons. The van der Waals surface area contributed by atoms with Gasteiger partial charge in [-0.15, -0.1) is 0 Å². The quantitative estimate of drug-likeness (QED) is 0.0680. The molecule has 64 heavy (non-hydrogen) atoms. The third-order valence-corrected chi connectivity index (χ3v) is 8.28. The summed E-state index contributed by atoms with van der Waals surface area (Å²) < 4.78 is 13.2. The first-order valence-corrected chi connectivity index (χ1v) is 18.4. The Morgan fingerprint density at radius 2 is 1.03 bits per heavy atom. The van der Waals surface area contributed by atoms with E-state index in [0.717, 1.165) is 12.3 Å². The van der Waals surface area contributed by atoms with Crippen LogP contribution in [0, 0.1) is 54.0 Å². The molecule has 1 unspecified atom stereocenters. The van der Waals surface area contributed by atoms with Crippen LogP contribution < -0.4 is 10.6 Å². The van der Waals surface area contributed by atoms with Gasteiger partial charge in [0.1, 0.15) is 0 Å². The third kappa shape index (κ3) is 45.4. The number of nitrogens with one attached hydrogen (secondary N) is 2. The van der Waals surface area contributed by atoms with Gasteiger partial charge in [0.2, 0.25) is 23.0 Å². The molecule has 2 heterocycles. The Morgan fingerprint density at radius 1 is 0.719 bits per heavy atom. The van der Waals surface area contributed by atoms with Gasteiger partial charge in [0.15, 0.2) is 0 Å². The van der Waals surface area contributed by atoms with Crippen LogP contribution in [0.2, 0.25) is 0 Å². The predicted molar refractivity (Wildman–Crippen MR) is 279 cm³/mol. The third-order valence-electron chi connectivity index (χ3n) is 8.28. The van der Waals surface area contributed by atoms with Crippen molar-refractivity contribution in [2.75, 3.05) is 27.9 Å². The maximum Gasteiger partial charge on any atom is 0.332 e. The number of nitrogens with zero attached hydrogens (tertiary/aromatic N) is 3. The number of rotatable bonds is 10. The minimum atomic E-state index is -1.08. The van der Waals surface area contributed by atoms with E-state index in [9.17, 15) is 49.5 Å². The van der Waals surface area contributed by atoms with E-state index in [0.29, 0.717) is 11.1 Å². The number of amides is 1. The SMILES string of the molecule is C.C.C.C.C.C=C(C)C(=O)OC.CC(C)[N+](=O)[O-].COC(=O)C(C)CC(C)(C)[N+](=O)[O-].COC(=O)[C@@H](C)CC(C)(C)[N+](=O)[O-].C[C@@H]1CNC(C)(C)C1.C[C@H]1CC(C)(C)NC1=O.S.S.S. The first-order valence-electron chi connectivity index (χ1n) is 18.4. The summed E-state index contributed by atoms with van der Waals surface area (Å²) in [6, 6.07) is -0.426. The lowest BCUT2D eigenvalue weighted by molar-refractivity contribution is -0.562. The molecule has 0 aromatic heterocycles. The van der Waals surface area contributed by atoms with E-state index in [1.165, 1.54) is 62.0 Å². The minimum Gasteiger partial charge on any atom is -0.469 e. The highest BCUT2D eigenvalue weighted by molar-refractivity contribution is 7.59. The average Bonchev–Trinajstić information content (AvgIpc) is 3.51. The summed E-state index contributed by atoms with van der Waals surface area (Å²) in [6.07, 6.45) is 2.66. The summed E-state index contributed by atoms with van der Waals surface area (Å²) in [5.74, 6) is -0.759. The molecule has 0 aromatic rings. The molecule has 4 atom stereocenters. The van der Waals surface area contributed by atoms with Crippen LogP contribution >= 0.6 is 40.5 Å². The molecular formula is C43H99N5O13S3. The molecular weight excluding hydrogens is 891 g/mol. The lowest BCUT2D eigenvalue weighted by Gasteiger charge is -2.18. The van der Waals surface area contributed by atoms with E-state index in [4.69, 9.17) is 0 Å². The van der Waals surface area contributed by atoms with Gasteiger partial charge in [0.05, 0.1) is 33.2 Å². The summed E-state index contributed by atoms with van der Waals surface area (Å²) in [5.41, 5.74) is -1.26. The zero-order valence-corrected chi connectivity index (χ0v) is 41.8. The zero-order chi connectivity index (χ0) is 45.6. The van der Waals surface area contributed by atoms with Gasteiger partial charge in [-0.3, -0.25) is 44.7 Å². The van der Waals surface area contributed by atoms with E-state index in [1.807, 2.05) is 6.92 Å². The highest BCUT2D eigenvalue weighted by Crippen LogP contribution is 2.24. The van der Waals surface area contributed by atoms with Gasteiger partial charge in [-0.05, 0) is 59.9 Å². The van der Waals surface area contributed by atoms with Crippen LogP contribution in [0.25, 0.3) is 0 Å². The molecule has 2 aliphatic heterocycles. The highest BCUT2D eigenvalue weighted by atomic mass is 32.1. The van der Waals surface area contributed by atoms with Crippen molar-refractivity contribution in [3.63, 3.8) is 0 Å². The molecule has 2 saturated heterocycles. The van der Waals surface area contributed by atoms with Gasteiger partial charge in [0, 0.05) is 91.7 Å². The van der Waals surface area contributed by atoms with Crippen molar-refractivity contribution in [3.8, 4) is 0 Å². The molecule has 2 N–H and O–H groups in total. The Kier molecular flexibility index (Phi) is 60.6. The van der Waals surface area contributed by atoms with E-state index < -0.39 is 40.9 Å². The summed E-state index contributed by atoms with van der Waals surface area (Å²) in [7, 11) is 3.88. The van der Waals surface area contributed by atoms with Gasteiger partial charge in [0.25, 0.3) is 0 Å². The van der Waals surface area contributed by atoms with Crippen molar-refractivity contribution in [2.24, 2.45) is 23.7 Å². The largest absolute Gasteiger partial charge is 0.469 e. The smallest absolute Gasteiger partial charge is 0.332 e. The molecule has 0 bridgehead atoms. The topological polar surface area (TPSA) is 249 Å². The summed E-state index contributed by atoms with van der Waals surface area (Å²) in [4.78, 5) is 72.5. The van der Waals surface area contributed by atoms with E-state index in [-0.39, 0.29) is 129 Å². The standard InChI is InChI=1S/2C8H15NO4.C7H13NO.C7H15N.C5H8O2.C3H7NO2.5CH4.3H2S/c2*1-6(7(10)13-4)5-8(2,3)9(11)12;1-5-4-7(2,3)8-6(5)9;1-6-4-7(2,3)8-5-6;1-4(2)5(6)7-3;1-3(2)4(5)6;;;;;;;;/h2*6H,5H2,1-4H3;5H,4H2,1-3H3,(H,8,9);6,8H,4-5H2,1-3H3;1H2,2-3H3;3H,1-2H3;5*1H4;3*1H2/t6-;;5-;6-;;;;;;;;;;/m0.00........../s1. The fraction of sp³-hybridized carbons (Fsp3) is 0.860. The van der Waals surface area contributed by atoms with Crippen LogP contribution in [0.4, 0.5) is 0 Å². The second-order valence-corrected chi connectivity index (χ2v) is 17.1. The van der Waals surface area contributed by atoms with E-state index in [1.54, 1.807) is 34.6 Å². The Bertz CT molecular complexity index is 1270. The van der Waals surface area contributed by atoms with E-state index >= 15 is 0 Å². The second kappa shape index (κ2) is 42.5. The molecule has 1 amide bonds. The zero-order valence-electron chi connectivity index (χ0n) is 38.8. The van der Waals surface area contributed by atoms with Gasteiger partial charge in [-0.1, -0.05) is 71.4 Å². The fourth-order valence-corrected chi connectivity index (χ4v) is 5.22. The van der Waals surface area contributed by atoms with Crippen LogP contribution in [0.5, 0.6) is 0 Å². The summed E-state index contributed by atoms with van der Waals surface area (Å²) >= 11 is 0. The van der Waals surface area contributed by atoms with Gasteiger partial charge >= 0.3 is 17.9 Å². The number of nitro groups is 3. The average molecular weight is 990 g/mol. The molecule has 2 aliphatic rings. The monoisotopic (exact) mass is 990 g/mol. The molecule has 2 rings (SSSR count). The Balaban J connectivity index is -0.0000000504. The predicted octanol–water partition coefficient (Wildman–Crippen LogP) is 9.72. The number of carbonyl (C=O) groups excluding carboxylic acids is 4. The molecule has 0 saturated carbocycles. The highest BCUT2D eigenvalue weighted by Gasteiger charge is 2.36. The maximum atomic E-state index is 11.0. The Hall–Kier alpha value is -3.17. The van der Waals surface area contributed by atoms with Gasteiger partial charge in [-0.25, -0.2) is 4.79 Å².